The van der Waals surface area contributed by atoms with Crippen molar-refractivity contribution >= 4 is 6.08 Å². The van der Waals surface area contributed by atoms with E-state index >= 15 is 0 Å². The third-order valence-corrected chi connectivity index (χ3v) is 11.4. The molecule has 0 saturated heterocycles. The minimum atomic E-state index is -0.827. The molecule has 170 valence electrons. The Kier molecular flexibility index (Phi) is 7.61. The molecule has 3 aromatic carbocycles. The zero-order valence-corrected chi connectivity index (χ0v) is 24.3. The van der Waals surface area contributed by atoms with Crippen molar-refractivity contribution < 1.29 is 48.0 Å². The Labute approximate surface area is 223 Å². The number of halogens is 2. The van der Waals surface area contributed by atoms with Gasteiger partial charge >= 0.3 is 200 Å². The van der Waals surface area contributed by atoms with Crippen LogP contribution in [0.1, 0.15) is 82.2 Å². The predicted molar refractivity (Wildman–Crippen MR) is 129 cm³/mol. The molecular weight excluding hydrogens is 522 g/mol. The molecular formula is C30H32Cl2Zr. The third-order valence-electron chi connectivity index (χ3n) is 6.89. The fourth-order valence-electron chi connectivity index (χ4n) is 4.95. The zero-order valence-electron chi connectivity index (χ0n) is 20.3. The summed E-state index contributed by atoms with van der Waals surface area (Å²) in [6.07, 6.45) is 4.85. The summed E-state index contributed by atoms with van der Waals surface area (Å²) in [4.78, 5) is 0. The summed E-state index contributed by atoms with van der Waals surface area (Å²) in [5.41, 5.74) is 12.4. The molecule has 2 aliphatic rings. The van der Waals surface area contributed by atoms with E-state index in [1.807, 2.05) is 0 Å². The van der Waals surface area contributed by atoms with Crippen LogP contribution in [0.25, 0.3) is 17.2 Å². The third kappa shape index (κ3) is 4.84. The summed E-state index contributed by atoms with van der Waals surface area (Å²) in [5, 5.41) is 0. The number of benzene rings is 3. The van der Waals surface area contributed by atoms with E-state index in [1.54, 1.807) is 16.7 Å². The fraction of sp³-hybridized carbons (Fsp3) is 0.333. The van der Waals surface area contributed by atoms with Gasteiger partial charge in [0.05, 0.1) is 0 Å². The number of hydrogen-bond acceptors (Lipinski definition) is 0. The molecule has 0 aromatic heterocycles. The van der Waals surface area contributed by atoms with Gasteiger partial charge in [0.1, 0.15) is 0 Å². The van der Waals surface area contributed by atoms with Gasteiger partial charge in [0.25, 0.3) is 0 Å². The van der Waals surface area contributed by atoms with Crippen LogP contribution in [0.4, 0.5) is 0 Å². The predicted octanol–water partition coefficient (Wildman–Crippen LogP) is 2.21. The quantitative estimate of drug-likeness (QED) is 0.456. The minimum Gasteiger partial charge on any atom is -1.00 e. The average Bonchev–Trinajstić information content (AvgIpc) is 3.26. The summed E-state index contributed by atoms with van der Waals surface area (Å²) in [7, 11) is 0. The van der Waals surface area contributed by atoms with Crippen LogP contribution in [0.2, 0.25) is 0 Å². The maximum atomic E-state index is 2.54. The Balaban J connectivity index is 0.00000153. The second-order valence-electron chi connectivity index (χ2n) is 11.2. The topological polar surface area (TPSA) is 0 Å². The van der Waals surface area contributed by atoms with Gasteiger partial charge in [0, 0.05) is 0 Å². The summed E-state index contributed by atoms with van der Waals surface area (Å²) in [5.74, 6) is 0. The van der Waals surface area contributed by atoms with Crippen molar-refractivity contribution in [3.05, 3.63) is 100 Å². The van der Waals surface area contributed by atoms with Gasteiger partial charge in [-0.2, -0.15) is 0 Å². The van der Waals surface area contributed by atoms with E-state index in [9.17, 15) is 0 Å². The molecule has 0 heterocycles. The number of rotatable bonds is 2. The van der Waals surface area contributed by atoms with Crippen LogP contribution in [0.5, 0.6) is 0 Å². The smallest absolute Gasteiger partial charge is 1.00 e. The maximum Gasteiger partial charge on any atom is -1.00 e. The molecule has 33 heavy (non-hydrogen) atoms. The van der Waals surface area contributed by atoms with Crippen LogP contribution in [0.15, 0.2) is 66.7 Å². The van der Waals surface area contributed by atoms with E-state index in [4.69, 9.17) is 0 Å². The molecule has 0 radical (unpaired) electrons. The molecule has 0 fully saturated rings. The largest absolute Gasteiger partial charge is 1.00 e. The van der Waals surface area contributed by atoms with E-state index in [0.717, 1.165) is 0 Å². The fourth-order valence-corrected chi connectivity index (χ4v) is 9.48. The minimum absolute atomic E-state index is 0. The van der Waals surface area contributed by atoms with Crippen LogP contribution in [-0.2, 0) is 34.1 Å². The van der Waals surface area contributed by atoms with Gasteiger partial charge in [-0.25, -0.2) is 0 Å². The van der Waals surface area contributed by atoms with Gasteiger partial charge in [-0.1, -0.05) is 0 Å². The van der Waals surface area contributed by atoms with Crippen LogP contribution in [0, 0.1) is 0 Å². The van der Waals surface area contributed by atoms with E-state index in [0.29, 0.717) is 7.25 Å². The summed E-state index contributed by atoms with van der Waals surface area (Å²) >= 11 is -0.827. The van der Waals surface area contributed by atoms with Crippen molar-refractivity contribution in [2.45, 2.75) is 59.6 Å². The van der Waals surface area contributed by atoms with Gasteiger partial charge in [-0.3, -0.25) is 0 Å². The standard InChI is InChI=1S/C21H25.C9H7.2ClH.Zr/c1-20(2,3)16-7-9-18-14(12-16)11-15-13-17(21(4,5)6)8-10-19(15)18;1-2-5-9-7-3-6-8(9)4-1;;;/h7-13H,1-6H3;1-7H;2*1H;/q;;;;+2/p-2. The first-order chi connectivity index (χ1) is 14.6. The molecule has 1 unspecified atom stereocenters. The molecule has 5 rings (SSSR count). The van der Waals surface area contributed by atoms with Crippen molar-refractivity contribution in [1.82, 2.24) is 0 Å². The van der Waals surface area contributed by atoms with Crippen molar-refractivity contribution in [3.8, 4) is 11.1 Å². The van der Waals surface area contributed by atoms with E-state index in [2.05, 4.69) is 114 Å². The van der Waals surface area contributed by atoms with Gasteiger partial charge in [-0.05, 0) is 0 Å². The first-order valence-electron chi connectivity index (χ1n) is 11.5. The number of allylic oxidation sites excluding steroid dienone is 1. The molecule has 0 spiro atoms. The first-order valence-corrected chi connectivity index (χ1v) is 14.3. The van der Waals surface area contributed by atoms with Crippen molar-refractivity contribution in [3.63, 3.8) is 0 Å². The molecule has 3 heteroatoms. The molecule has 0 saturated carbocycles. The monoisotopic (exact) mass is 552 g/mol. The Morgan fingerprint density at radius 1 is 0.636 bits per heavy atom. The Bertz CT molecular complexity index is 1130. The molecule has 1 atom stereocenters. The zero-order chi connectivity index (χ0) is 22.0. The number of hydrogen-bond donors (Lipinski definition) is 0. The van der Waals surface area contributed by atoms with Gasteiger partial charge in [0.2, 0.25) is 0 Å². The van der Waals surface area contributed by atoms with Gasteiger partial charge in [0.15, 0.2) is 0 Å². The molecule has 0 N–H and O–H groups in total. The molecule has 0 aliphatic heterocycles. The summed E-state index contributed by atoms with van der Waals surface area (Å²) in [6.45, 7) is 14.0. The second kappa shape index (κ2) is 9.49. The Morgan fingerprint density at radius 2 is 1.15 bits per heavy atom. The normalized spacial score (nSPS) is 16.2. The van der Waals surface area contributed by atoms with Crippen molar-refractivity contribution in [1.29, 1.82) is 0 Å². The maximum absolute atomic E-state index is 2.54. The first kappa shape index (κ1) is 26.5. The van der Waals surface area contributed by atoms with E-state index in [1.165, 1.54) is 27.8 Å². The Morgan fingerprint density at radius 3 is 1.67 bits per heavy atom. The van der Waals surface area contributed by atoms with Crippen molar-refractivity contribution in [2.24, 2.45) is 0 Å². The molecule has 0 nitrogen and oxygen atoms in total. The Hall–Kier alpha value is -1.14. The molecule has 2 aliphatic carbocycles. The molecule has 0 amide bonds. The second-order valence-corrected chi connectivity index (χ2v) is 14.9. The van der Waals surface area contributed by atoms with Gasteiger partial charge < -0.3 is 24.8 Å². The number of fused-ring (bicyclic) bond motifs is 4. The van der Waals surface area contributed by atoms with Crippen LogP contribution in [0.3, 0.4) is 0 Å². The average molecular weight is 555 g/mol. The van der Waals surface area contributed by atoms with E-state index < -0.39 is 23.2 Å². The van der Waals surface area contributed by atoms with E-state index in [-0.39, 0.29) is 35.6 Å². The van der Waals surface area contributed by atoms with Crippen molar-refractivity contribution in [2.75, 3.05) is 0 Å². The van der Waals surface area contributed by atoms with Gasteiger partial charge in [-0.15, -0.1) is 0 Å². The van der Waals surface area contributed by atoms with Crippen LogP contribution in [-0.4, -0.2) is 0 Å². The van der Waals surface area contributed by atoms with Crippen LogP contribution < -0.4 is 24.8 Å². The molecule has 3 aromatic rings. The molecule has 0 bridgehead atoms. The summed E-state index contributed by atoms with van der Waals surface area (Å²) in [6, 6.07) is 23.6. The summed E-state index contributed by atoms with van der Waals surface area (Å²) < 4.78 is 1.26. The SMILES string of the molecule is CC(C)(C)c1ccc2c(c1)[CH]([Zr+2][CH]1C=Cc3ccccc31)c1cc(C(C)(C)C)ccc1-2.[Cl-].[Cl-]. The van der Waals surface area contributed by atoms with Crippen LogP contribution >= 0.6 is 0 Å².